The normalized spacial score (nSPS) is 41.1. The molecule has 0 amide bonds. The van der Waals surface area contributed by atoms with Crippen LogP contribution in [0.15, 0.2) is 0 Å². The fourth-order valence-electron chi connectivity index (χ4n) is 5.25. The van der Waals surface area contributed by atoms with E-state index in [0.29, 0.717) is 19.3 Å². The molecule has 6 atom stereocenters. The molecule has 1 heterocycles. The minimum atomic E-state index is -2.08. The van der Waals surface area contributed by atoms with Crippen LogP contribution >= 0.6 is 0 Å². The van der Waals surface area contributed by atoms with Crippen molar-refractivity contribution in [2.45, 2.75) is 89.3 Å². The fraction of sp³-hybridized carbons (Fsp3) is 0.850. The number of rotatable bonds is 4. The van der Waals surface area contributed by atoms with E-state index in [-0.39, 0.29) is 34.9 Å². The van der Waals surface area contributed by atoms with Gasteiger partial charge in [0.25, 0.3) is 0 Å². The zero-order valence-corrected chi connectivity index (χ0v) is 18.5. The molecule has 6 nitrogen and oxygen atoms in total. The average molecular weight is 397 g/mol. The number of hydrogen-bond donors (Lipinski definition) is 0. The lowest BCUT2D eigenvalue weighted by Crippen LogP contribution is -2.63. The van der Waals surface area contributed by atoms with Gasteiger partial charge in [0.15, 0.2) is 20.2 Å². The fourth-order valence-corrected chi connectivity index (χ4v) is 6.60. The molecule has 152 valence electrons. The minimum Gasteiger partial charge on any atom is -0.459 e. The van der Waals surface area contributed by atoms with Crippen molar-refractivity contribution < 1.29 is 28.3 Å². The summed E-state index contributed by atoms with van der Waals surface area (Å²) in [6.07, 6.45) is 1.95. The van der Waals surface area contributed by atoms with Crippen LogP contribution in [0.3, 0.4) is 0 Å². The first-order chi connectivity index (χ1) is 12.3. The molecule has 3 fully saturated rings. The molecule has 3 aliphatic rings. The van der Waals surface area contributed by atoms with E-state index < -0.39 is 25.5 Å². The van der Waals surface area contributed by atoms with Crippen LogP contribution in [0.2, 0.25) is 18.1 Å². The van der Waals surface area contributed by atoms with Gasteiger partial charge in [0, 0.05) is 19.3 Å². The van der Waals surface area contributed by atoms with Gasteiger partial charge in [-0.15, -0.1) is 0 Å². The van der Waals surface area contributed by atoms with E-state index in [0.717, 1.165) is 6.29 Å². The summed E-state index contributed by atoms with van der Waals surface area (Å²) < 4.78 is 18.2. The quantitative estimate of drug-likeness (QED) is 0.412. The molecule has 0 spiro atoms. The number of esters is 2. The topological polar surface area (TPSA) is 78.9 Å². The Hall–Kier alpha value is -1.21. The van der Waals surface area contributed by atoms with Crippen LogP contribution < -0.4 is 0 Å². The summed E-state index contributed by atoms with van der Waals surface area (Å²) in [4.78, 5) is 36.6. The number of carbonyl (C=O) groups excluding carboxylic acids is 3. The summed E-state index contributed by atoms with van der Waals surface area (Å²) in [5.74, 6) is -1.52. The average Bonchev–Trinajstić information content (AvgIpc) is 2.72. The van der Waals surface area contributed by atoms with Gasteiger partial charge in [-0.05, 0) is 37.9 Å². The summed E-state index contributed by atoms with van der Waals surface area (Å²) in [6.45, 7) is 14.1. The second-order valence-electron chi connectivity index (χ2n) is 10.2. The van der Waals surface area contributed by atoms with Gasteiger partial charge in [0.1, 0.15) is 5.60 Å². The second-order valence-corrected chi connectivity index (χ2v) is 15.0. The maximum absolute atomic E-state index is 12.6. The van der Waals surface area contributed by atoms with Crippen molar-refractivity contribution in [2.24, 2.45) is 17.8 Å². The Balaban J connectivity index is 2.03. The number of hydrogen-bond acceptors (Lipinski definition) is 6. The first-order valence-corrected chi connectivity index (χ1v) is 12.7. The van der Waals surface area contributed by atoms with Gasteiger partial charge < -0.3 is 13.9 Å². The van der Waals surface area contributed by atoms with Gasteiger partial charge in [-0.2, -0.15) is 0 Å². The molecule has 0 N–H and O–H groups in total. The zero-order valence-electron chi connectivity index (χ0n) is 17.5. The first kappa shape index (κ1) is 20.5. The predicted octanol–water partition coefficient (Wildman–Crippen LogP) is 3.24. The van der Waals surface area contributed by atoms with E-state index in [2.05, 4.69) is 33.9 Å². The highest BCUT2D eigenvalue weighted by Gasteiger charge is 2.71. The molecular weight excluding hydrogens is 364 g/mol. The highest BCUT2D eigenvalue weighted by Crippen LogP contribution is 2.61. The van der Waals surface area contributed by atoms with Crippen molar-refractivity contribution in [1.29, 1.82) is 0 Å². The van der Waals surface area contributed by atoms with Crippen LogP contribution in [0.5, 0.6) is 0 Å². The lowest BCUT2D eigenvalue weighted by molar-refractivity contribution is -0.222. The van der Waals surface area contributed by atoms with E-state index in [9.17, 15) is 14.4 Å². The zero-order chi connectivity index (χ0) is 20.4. The molecule has 0 aromatic carbocycles. The van der Waals surface area contributed by atoms with E-state index >= 15 is 0 Å². The van der Waals surface area contributed by atoms with E-state index in [1.165, 1.54) is 6.92 Å². The Kier molecular flexibility index (Phi) is 4.67. The lowest BCUT2D eigenvalue weighted by Gasteiger charge is -2.52. The van der Waals surface area contributed by atoms with Crippen LogP contribution in [-0.2, 0) is 28.3 Å². The highest BCUT2D eigenvalue weighted by atomic mass is 28.4. The van der Waals surface area contributed by atoms with Crippen molar-refractivity contribution in [2.75, 3.05) is 0 Å². The molecule has 0 aromatic heterocycles. The summed E-state index contributed by atoms with van der Waals surface area (Å²) >= 11 is 0. The molecule has 2 saturated carbocycles. The summed E-state index contributed by atoms with van der Waals surface area (Å²) in [7, 11) is -2.08. The summed E-state index contributed by atoms with van der Waals surface area (Å²) in [5.41, 5.74) is -2.10. The monoisotopic (exact) mass is 396 g/mol. The molecule has 1 saturated heterocycles. The van der Waals surface area contributed by atoms with Crippen LogP contribution in [-0.4, -0.2) is 43.8 Å². The lowest BCUT2D eigenvalue weighted by atomic mass is 9.61. The molecule has 7 heteroatoms. The third-order valence-corrected chi connectivity index (χ3v) is 11.8. The van der Waals surface area contributed by atoms with Gasteiger partial charge in [0.05, 0.1) is 17.9 Å². The molecule has 27 heavy (non-hydrogen) atoms. The van der Waals surface area contributed by atoms with Gasteiger partial charge in [-0.25, -0.2) is 0 Å². The van der Waals surface area contributed by atoms with E-state index in [1.54, 1.807) is 0 Å². The highest BCUT2D eigenvalue weighted by molar-refractivity contribution is 6.74. The van der Waals surface area contributed by atoms with Crippen LogP contribution in [0.25, 0.3) is 0 Å². The minimum absolute atomic E-state index is 0.0300. The van der Waals surface area contributed by atoms with Crippen LogP contribution in [0, 0.1) is 17.8 Å². The predicted molar refractivity (Wildman–Crippen MR) is 101 cm³/mol. The molecule has 1 aliphatic heterocycles. The number of carbonyl (C=O) groups is 3. The third kappa shape index (κ3) is 3.07. The van der Waals surface area contributed by atoms with Gasteiger partial charge in [-0.1, -0.05) is 20.8 Å². The molecule has 3 rings (SSSR count). The maximum atomic E-state index is 12.6. The third-order valence-electron chi connectivity index (χ3n) is 7.34. The van der Waals surface area contributed by atoms with Crippen LogP contribution in [0.1, 0.15) is 53.9 Å². The van der Waals surface area contributed by atoms with Crippen molar-refractivity contribution >= 4 is 26.5 Å². The maximum Gasteiger partial charge on any atom is 0.309 e. The Morgan fingerprint density at radius 2 is 1.96 bits per heavy atom. The molecule has 0 unspecified atom stereocenters. The summed E-state index contributed by atoms with van der Waals surface area (Å²) in [6, 6.07) is 0. The Labute approximate surface area is 162 Å². The van der Waals surface area contributed by atoms with E-state index in [1.807, 2.05) is 6.92 Å². The number of ether oxygens (including phenoxy) is 2. The smallest absolute Gasteiger partial charge is 0.309 e. The van der Waals surface area contributed by atoms with Crippen molar-refractivity contribution in [3.05, 3.63) is 0 Å². The van der Waals surface area contributed by atoms with Crippen molar-refractivity contribution in [3.63, 3.8) is 0 Å². The summed E-state index contributed by atoms with van der Waals surface area (Å²) in [5, 5.41) is 0.0300. The molecule has 4 bridgehead atoms. The van der Waals surface area contributed by atoms with Gasteiger partial charge in [-0.3, -0.25) is 14.4 Å². The van der Waals surface area contributed by atoms with Crippen molar-refractivity contribution in [1.82, 2.24) is 0 Å². The Morgan fingerprint density at radius 1 is 1.33 bits per heavy atom. The van der Waals surface area contributed by atoms with Crippen molar-refractivity contribution in [3.8, 4) is 0 Å². The van der Waals surface area contributed by atoms with Crippen LogP contribution in [0.4, 0.5) is 0 Å². The standard InChI is InChI=1S/C20H32O6Si/c1-12(22)24-20(11-21)9-8-13-15-14(26-27(6,7)18(2,3)4)10-19(5,16(15)20)25-17(13)23/h11,13-16H,8-10H2,1-7H3/t13-,14+,15+,16+,19-,20-/m0/s1. The first-order valence-electron chi connectivity index (χ1n) is 9.83. The largest absolute Gasteiger partial charge is 0.459 e. The molecule has 2 aliphatic carbocycles. The molecule has 0 radical (unpaired) electrons. The molecule has 0 aromatic rings. The number of aldehydes is 1. The SMILES string of the molecule is CC(=O)O[C@]1(C=O)CC[C@@H]2C(=O)O[C@@]3(C)C[C@@H](O[Si](C)(C)C(C)(C)C)[C@@H]2[C@@H]13. The Bertz CT molecular complexity index is 668. The Morgan fingerprint density at radius 3 is 2.48 bits per heavy atom. The van der Waals surface area contributed by atoms with E-state index in [4.69, 9.17) is 13.9 Å². The second kappa shape index (κ2) is 6.14. The van der Waals surface area contributed by atoms with Gasteiger partial charge >= 0.3 is 11.9 Å². The van der Waals surface area contributed by atoms with Gasteiger partial charge in [0.2, 0.25) is 0 Å². The molecular formula is C20H32O6Si.